The number of carbonyl (C=O) groups excluding carboxylic acids is 1. The van der Waals surface area contributed by atoms with Gasteiger partial charge in [0, 0.05) is 24.8 Å². The van der Waals surface area contributed by atoms with Crippen LogP contribution in [0.5, 0.6) is 0 Å². The number of hydrogen-bond acceptors (Lipinski definition) is 2. The predicted octanol–water partition coefficient (Wildman–Crippen LogP) is 1.56. The van der Waals surface area contributed by atoms with Gasteiger partial charge in [-0.3, -0.25) is 4.79 Å². The molecule has 2 bridgehead atoms. The third kappa shape index (κ3) is 1.87. The minimum Gasteiger partial charge on any atom is -0.366 e. The lowest BCUT2D eigenvalue weighted by molar-refractivity contribution is -0.180. The molecule has 0 saturated heterocycles. The van der Waals surface area contributed by atoms with Gasteiger partial charge in [0.1, 0.15) is 11.8 Å². The van der Waals surface area contributed by atoms with Crippen molar-refractivity contribution in [2.24, 2.45) is 0 Å². The SMILES string of the molecule is CC(C)O[C@@H](C)C(=O)NC12CC(F)(C1)C2. The Morgan fingerprint density at radius 1 is 1.33 bits per heavy atom. The maximum atomic E-state index is 13.2. The van der Waals surface area contributed by atoms with E-state index in [0.29, 0.717) is 19.3 Å². The second kappa shape index (κ2) is 3.17. The van der Waals surface area contributed by atoms with Crippen molar-refractivity contribution < 1.29 is 13.9 Å². The molecule has 0 unspecified atom stereocenters. The van der Waals surface area contributed by atoms with Crippen LogP contribution in [-0.2, 0) is 9.53 Å². The van der Waals surface area contributed by atoms with Crippen molar-refractivity contribution in [1.29, 1.82) is 0 Å². The second-order valence-electron chi connectivity index (χ2n) is 5.28. The molecule has 0 aliphatic heterocycles. The fraction of sp³-hybridized carbons (Fsp3) is 0.909. The summed E-state index contributed by atoms with van der Waals surface area (Å²) >= 11 is 0. The molecule has 0 aromatic carbocycles. The van der Waals surface area contributed by atoms with Crippen molar-refractivity contribution in [3.05, 3.63) is 0 Å². The highest BCUT2D eigenvalue weighted by atomic mass is 19.1. The number of alkyl halides is 1. The molecule has 1 atom stereocenters. The van der Waals surface area contributed by atoms with Crippen molar-refractivity contribution in [3.63, 3.8) is 0 Å². The van der Waals surface area contributed by atoms with Gasteiger partial charge in [0.15, 0.2) is 0 Å². The van der Waals surface area contributed by atoms with E-state index in [-0.39, 0.29) is 17.6 Å². The Kier molecular flexibility index (Phi) is 2.30. The van der Waals surface area contributed by atoms with Crippen molar-refractivity contribution >= 4 is 5.91 Å². The number of hydrogen-bond donors (Lipinski definition) is 1. The highest BCUT2D eigenvalue weighted by Gasteiger charge is 2.70. The van der Waals surface area contributed by atoms with E-state index in [1.807, 2.05) is 13.8 Å². The Hall–Kier alpha value is -0.640. The van der Waals surface area contributed by atoms with E-state index >= 15 is 0 Å². The zero-order valence-corrected chi connectivity index (χ0v) is 9.47. The molecule has 3 aliphatic rings. The number of nitrogens with one attached hydrogen (secondary N) is 1. The summed E-state index contributed by atoms with van der Waals surface area (Å²) in [7, 11) is 0. The lowest BCUT2D eigenvalue weighted by atomic mass is 9.47. The largest absolute Gasteiger partial charge is 0.366 e. The molecular formula is C11H18FNO2. The van der Waals surface area contributed by atoms with E-state index in [9.17, 15) is 9.18 Å². The van der Waals surface area contributed by atoms with Gasteiger partial charge in [0.05, 0.1) is 6.10 Å². The van der Waals surface area contributed by atoms with Crippen LogP contribution in [0, 0.1) is 0 Å². The van der Waals surface area contributed by atoms with Crippen molar-refractivity contribution in [1.82, 2.24) is 5.32 Å². The van der Waals surface area contributed by atoms with Gasteiger partial charge in [0.2, 0.25) is 5.91 Å². The Bertz CT molecular complexity index is 271. The second-order valence-corrected chi connectivity index (χ2v) is 5.28. The van der Waals surface area contributed by atoms with Crippen LogP contribution in [0.15, 0.2) is 0 Å². The number of halogens is 1. The Morgan fingerprint density at radius 2 is 1.87 bits per heavy atom. The van der Waals surface area contributed by atoms with Crippen LogP contribution in [0.25, 0.3) is 0 Å². The van der Waals surface area contributed by atoms with Crippen LogP contribution < -0.4 is 5.32 Å². The van der Waals surface area contributed by atoms with Gasteiger partial charge in [-0.1, -0.05) is 0 Å². The molecule has 3 rings (SSSR count). The molecule has 1 N–H and O–H groups in total. The third-order valence-corrected chi connectivity index (χ3v) is 3.20. The molecule has 3 aliphatic carbocycles. The van der Waals surface area contributed by atoms with Crippen molar-refractivity contribution in [3.8, 4) is 0 Å². The van der Waals surface area contributed by atoms with Crippen LogP contribution in [0.1, 0.15) is 40.0 Å². The first-order valence-corrected chi connectivity index (χ1v) is 5.51. The molecule has 3 fully saturated rings. The summed E-state index contributed by atoms with van der Waals surface area (Å²) in [5.41, 5.74) is -1.20. The molecular weight excluding hydrogens is 197 g/mol. The van der Waals surface area contributed by atoms with Gasteiger partial charge in [-0.25, -0.2) is 4.39 Å². The van der Waals surface area contributed by atoms with Gasteiger partial charge in [0.25, 0.3) is 0 Å². The topological polar surface area (TPSA) is 38.3 Å². The van der Waals surface area contributed by atoms with Crippen LogP contribution in [0.2, 0.25) is 0 Å². The molecule has 0 aromatic heterocycles. The lowest BCUT2D eigenvalue weighted by Gasteiger charge is -2.65. The molecule has 4 heteroatoms. The first-order valence-electron chi connectivity index (χ1n) is 5.51. The number of carbonyl (C=O) groups is 1. The normalized spacial score (nSPS) is 39.3. The fourth-order valence-electron chi connectivity index (χ4n) is 2.63. The zero-order valence-electron chi connectivity index (χ0n) is 9.47. The van der Waals surface area contributed by atoms with E-state index in [1.165, 1.54) is 0 Å². The van der Waals surface area contributed by atoms with E-state index in [4.69, 9.17) is 4.74 Å². The minimum absolute atomic E-state index is 0.0336. The summed E-state index contributed by atoms with van der Waals surface area (Å²) in [6.07, 6.45) is 1.04. The van der Waals surface area contributed by atoms with E-state index < -0.39 is 11.8 Å². The van der Waals surface area contributed by atoms with Crippen LogP contribution in [-0.4, -0.2) is 29.3 Å². The number of ether oxygens (including phenoxy) is 1. The zero-order chi connectivity index (χ0) is 11.3. The molecule has 0 spiro atoms. The van der Waals surface area contributed by atoms with Gasteiger partial charge >= 0.3 is 0 Å². The maximum Gasteiger partial charge on any atom is 0.249 e. The van der Waals surface area contributed by atoms with Gasteiger partial charge in [-0.05, 0) is 20.8 Å². The summed E-state index contributed by atoms with van der Waals surface area (Å²) in [5, 5.41) is 2.89. The van der Waals surface area contributed by atoms with Crippen molar-refractivity contribution in [2.75, 3.05) is 0 Å². The first kappa shape index (κ1) is 10.9. The highest BCUT2D eigenvalue weighted by Crippen LogP contribution is 2.62. The van der Waals surface area contributed by atoms with Gasteiger partial charge < -0.3 is 10.1 Å². The van der Waals surface area contributed by atoms with Gasteiger partial charge in [-0.15, -0.1) is 0 Å². The predicted molar refractivity (Wildman–Crippen MR) is 54.2 cm³/mol. The maximum absolute atomic E-state index is 13.2. The summed E-state index contributed by atoms with van der Waals surface area (Å²) < 4.78 is 18.6. The average molecular weight is 215 g/mol. The highest BCUT2D eigenvalue weighted by molar-refractivity contribution is 5.81. The average Bonchev–Trinajstić information content (AvgIpc) is 1.97. The molecule has 3 nitrogen and oxygen atoms in total. The molecule has 0 heterocycles. The molecule has 0 radical (unpaired) electrons. The molecule has 0 aromatic rings. The standard InChI is InChI=1S/C11H18FNO2/c1-7(2)15-8(3)9(14)13-11-4-10(12,5-11)6-11/h7-8H,4-6H2,1-3H3,(H,13,14)/t8-,10?,11?/m0/s1. The monoisotopic (exact) mass is 215 g/mol. The molecule has 15 heavy (non-hydrogen) atoms. The van der Waals surface area contributed by atoms with Crippen LogP contribution in [0.4, 0.5) is 4.39 Å². The molecule has 3 saturated carbocycles. The van der Waals surface area contributed by atoms with Gasteiger partial charge in [-0.2, -0.15) is 0 Å². The minimum atomic E-state index is -0.963. The summed E-state index contributed by atoms with van der Waals surface area (Å²) in [6, 6.07) is 0. The third-order valence-electron chi connectivity index (χ3n) is 3.20. The summed E-state index contributed by atoms with van der Waals surface area (Å²) in [6.45, 7) is 5.51. The number of amides is 1. The summed E-state index contributed by atoms with van der Waals surface area (Å²) in [5.74, 6) is -0.120. The smallest absolute Gasteiger partial charge is 0.249 e. The van der Waals surface area contributed by atoms with Crippen molar-refractivity contribution in [2.45, 2.75) is 63.4 Å². The quantitative estimate of drug-likeness (QED) is 0.773. The summed E-state index contributed by atoms with van der Waals surface area (Å²) in [4.78, 5) is 11.7. The molecule has 86 valence electrons. The molecule has 1 amide bonds. The Morgan fingerprint density at radius 3 is 2.27 bits per heavy atom. The Balaban J connectivity index is 1.78. The fourth-order valence-corrected chi connectivity index (χ4v) is 2.63. The van der Waals surface area contributed by atoms with E-state index in [2.05, 4.69) is 5.32 Å². The first-order chi connectivity index (χ1) is 6.84. The van der Waals surface area contributed by atoms with E-state index in [1.54, 1.807) is 6.92 Å². The van der Waals surface area contributed by atoms with Crippen LogP contribution >= 0.6 is 0 Å². The van der Waals surface area contributed by atoms with E-state index in [0.717, 1.165) is 0 Å². The lowest BCUT2D eigenvalue weighted by Crippen LogP contribution is -2.77. The van der Waals surface area contributed by atoms with Crippen LogP contribution in [0.3, 0.4) is 0 Å². The number of rotatable bonds is 4. The Labute approximate surface area is 89.4 Å².